The fourth-order valence-corrected chi connectivity index (χ4v) is 3.27. The van der Waals surface area contributed by atoms with Crippen molar-refractivity contribution >= 4 is 6.29 Å². The lowest BCUT2D eigenvalue weighted by Gasteiger charge is -2.20. The van der Waals surface area contributed by atoms with Gasteiger partial charge in [0.05, 0.1) is 25.9 Å². The van der Waals surface area contributed by atoms with Gasteiger partial charge in [-0.05, 0) is 24.1 Å². The van der Waals surface area contributed by atoms with Crippen LogP contribution < -0.4 is 4.74 Å². The first-order chi connectivity index (χ1) is 13.6. The first kappa shape index (κ1) is 19.5. The number of ether oxygens (including phenoxy) is 2. The van der Waals surface area contributed by atoms with Gasteiger partial charge in [0.1, 0.15) is 5.75 Å². The van der Waals surface area contributed by atoms with E-state index in [1.807, 2.05) is 48.5 Å². The van der Waals surface area contributed by atoms with Crippen molar-refractivity contribution in [2.45, 2.75) is 20.1 Å². The van der Waals surface area contributed by atoms with Gasteiger partial charge in [-0.15, -0.1) is 0 Å². The van der Waals surface area contributed by atoms with Crippen molar-refractivity contribution in [3.8, 4) is 28.4 Å². The molecule has 0 heterocycles. The zero-order valence-electron chi connectivity index (χ0n) is 15.8. The summed E-state index contributed by atoms with van der Waals surface area (Å²) >= 11 is 0. The minimum Gasteiger partial charge on any atom is -0.504 e. The molecule has 2 N–H and O–H groups in total. The normalized spacial score (nSPS) is 10.6. The lowest BCUT2D eigenvalue weighted by Crippen LogP contribution is -2.04. The van der Waals surface area contributed by atoms with E-state index < -0.39 is 5.75 Å². The summed E-state index contributed by atoms with van der Waals surface area (Å²) in [7, 11) is 1.56. The van der Waals surface area contributed by atoms with Gasteiger partial charge in [0.25, 0.3) is 0 Å². The smallest absolute Gasteiger partial charge is 0.168 e. The molecule has 0 saturated heterocycles. The van der Waals surface area contributed by atoms with E-state index in [-0.39, 0.29) is 17.9 Å². The standard InChI is InChI=1S/C23H22O5/c1-15-21(17-10-6-7-11-20(17)27-2)19(18(12-24)23(26)22(15)25)14-28-13-16-8-4-3-5-9-16/h3-12,25-26H,13-14H2,1-2H3. The summed E-state index contributed by atoms with van der Waals surface area (Å²) in [6.45, 7) is 2.13. The molecule has 0 aromatic heterocycles. The summed E-state index contributed by atoms with van der Waals surface area (Å²) in [5, 5.41) is 20.7. The van der Waals surface area contributed by atoms with Gasteiger partial charge in [-0.2, -0.15) is 0 Å². The molecular formula is C23H22O5. The van der Waals surface area contributed by atoms with Crippen molar-refractivity contribution in [2.75, 3.05) is 7.11 Å². The molecule has 3 rings (SSSR count). The lowest BCUT2D eigenvalue weighted by molar-refractivity contribution is 0.103. The average Bonchev–Trinajstić information content (AvgIpc) is 2.73. The van der Waals surface area contributed by atoms with Crippen LogP contribution in [-0.4, -0.2) is 23.6 Å². The van der Waals surface area contributed by atoms with E-state index in [0.717, 1.165) is 5.56 Å². The van der Waals surface area contributed by atoms with Crippen molar-refractivity contribution in [3.05, 3.63) is 76.9 Å². The molecule has 0 amide bonds. The SMILES string of the molecule is COc1ccccc1-c1c(C)c(O)c(O)c(C=O)c1COCc1ccccc1. The summed E-state index contributed by atoms with van der Waals surface area (Å²) in [6.07, 6.45) is 0.536. The zero-order chi connectivity index (χ0) is 20.1. The number of benzene rings is 3. The molecule has 0 aliphatic rings. The van der Waals surface area contributed by atoms with Crippen LogP contribution in [0.25, 0.3) is 11.1 Å². The van der Waals surface area contributed by atoms with Crippen LogP contribution in [0, 0.1) is 6.92 Å². The number of phenolic OH excluding ortho intramolecular Hbond substituents is 2. The molecule has 5 heteroatoms. The van der Waals surface area contributed by atoms with Crippen LogP contribution in [0.3, 0.4) is 0 Å². The van der Waals surface area contributed by atoms with Gasteiger partial charge < -0.3 is 19.7 Å². The molecule has 28 heavy (non-hydrogen) atoms. The number of rotatable bonds is 7. The highest BCUT2D eigenvalue weighted by Crippen LogP contribution is 2.44. The van der Waals surface area contributed by atoms with E-state index >= 15 is 0 Å². The zero-order valence-corrected chi connectivity index (χ0v) is 15.8. The fraction of sp³-hybridized carbons (Fsp3) is 0.174. The number of para-hydroxylation sites is 1. The number of methoxy groups -OCH3 is 1. The molecule has 0 saturated carbocycles. The molecular weight excluding hydrogens is 356 g/mol. The number of aromatic hydroxyl groups is 2. The lowest BCUT2D eigenvalue weighted by atomic mass is 9.90. The average molecular weight is 378 g/mol. The monoisotopic (exact) mass is 378 g/mol. The first-order valence-corrected chi connectivity index (χ1v) is 8.86. The molecule has 3 aromatic carbocycles. The maximum atomic E-state index is 11.7. The Morgan fingerprint density at radius 1 is 0.929 bits per heavy atom. The fourth-order valence-electron chi connectivity index (χ4n) is 3.27. The molecule has 0 aliphatic carbocycles. The van der Waals surface area contributed by atoms with Crippen LogP contribution in [0.2, 0.25) is 0 Å². The van der Waals surface area contributed by atoms with E-state index in [1.165, 1.54) is 0 Å². The van der Waals surface area contributed by atoms with Gasteiger partial charge in [-0.25, -0.2) is 0 Å². The quantitative estimate of drug-likeness (QED) is 0.464. The minimum atomic E-state index is -0.440. The van der Waals surface area contributed by atoms with Gasteiger partial charge >= 0.3 is 0 Å². The number of carbonyl (C=O) groups excluding carboxylic acids is 1. The Kier molecular flexibility index (Phi) is 5.96. The second-order valence-electron chi connectivity index (χ2n) is 6.39. The highest BCUT2D eigenvalue weighted by molar-refractivity contribution is 5.91. The summed E-state index contributed by atoms with van der Waals surface area (Å²) in [5.41, 5.74) is 3.28. The van der Waals surface area contributed by atoms with Gasteiger partial charge in [0.2, 0.25) is 0 Å². The molecule has 5 nitrogen and oxygen atoms in total. The summed E-state index contributed by atoms with van der Waals surface area (Å²) in [4.78, 5) is 11.7. The van der Waals surface area contributed by atoms with E-state index in [0.29, 0.717) is 40.9 Å². The van der Waals surface area contributed by atoms with Crippen molar-refractivity contribution in [3.63, 3.8) is 0 Å². The van der Waals surface area contributed by atoms with E-state index in [1.54, 1.807) is 20.1 Å². The maximum absolute atomic E-state index is 11.7. The minimum absolute atomic E-state index is 0.0112. The van der Waals surface area contributed by atoms with Crippen LogP contribution in [0.4, 0.5) is 0 Å². The van der Waals surface area contributed by atoms with Crippen molar-refractivity contribution in [1.82, 2.24) is 0 Å². The van der Waals surface area contributed by atoms with Crippen LogP contribution in [0.5, 0.6) is 17.2 Å². The Morgan fingerprint density at radius 2 is 1.61 bits per heavy atom. The Balaban J connectivity index is 2.09. The number of hydrogen-bond acceptors (Lipinski definition) is 5. The Bertz CT molecular complexity index is 980. The Hall–Kier alpha value is -3.31. The molecule has 0 radical (unpaired) electrons. The van der Waals surface area contributed by atoms with E-state index in [4.69, 9.17) is 9.47 Å². The van der Waals surface area contributed by atoms with E-state index in [9.17, 15) is 15.0 Å². The molecule has 144 valence electrons. The van der Waals surface area contributed by atoms with Crippen molar-refractivity contribution < 1.29 is 24.5 Å². The largest absolute Gasteiger partial charge is 0.504 e. The van der Waals surface area contributed by atoms with Gasteiger partial charge in [0, 0.05) is 16.7 Å². The molecule has 0 bridgehead atoms. The maximum Gasteiger partial charge on any atom is 0.168 e. The van der Waals surface area contributed by atoms with Crippen LogP contribution in [-0.2, 0) is 18.0 Å². The predicted molar refractivity (Wildman–Crippen MR) is 107 cm³/mol. The second-order valence-corrected chi connectivity index (χ2v) is 6.39. The number of phenols is 2. The number of hydrogen-bond donors (Lipinski definition) is 2. The highest BCUT2D eigenvalue weighted by atomic mass is 16.5. The summed E-state index contributed by atoms with van der Waals surface area (Å²) < 4.78 is 11.3. The van der Waals surface area contributed by atoms with Gasteiger partial charge in [0.15, 0.2) is 17.8 Å². The third-order valence-corrected chi connectivity index (χ3v) is 4.69. The third-order valence-electron chi connectivity index (χ3n) is 4.69. The Labute approximate surface area is 163 Å². The molecule has 0 unspecified atom stereocenters. The van der Waals surface area contributed by atoms with Crippen molar-refractivity contribution in [2.24, 2.45) is 0 Å². The van der Waals surface area contributed by atoms with Crippen LogP contribution in [0.1, 0.15) is 27.0 Å². The Morgan fingerprint density at radius 3 is 2.29 bits per heavy atom. The van der Waals surface area contributed by atoms with E-state index in [2.05, 4.69) is 0 Å². The van der Waals surface area contributed by atoms with Gasteiger partial charge in [-0.1, -0.05) is 48.5 Å². The molecule has 0 atom stereocenters. The number of carbonyl (C=O) groups is 1. The molecule has 0 aliphatic heterocycles. The third kappa shape index (κ3) is 3.70. The first-order valence-electron chi connectivity index (χ1n) is 8.86. The summed E-state index contributed by atoms with van der Waals surface area (Å²) in [5.74, 6) is -0.170. The van der Waals surface area contributed by atoms with Crippen LogP contribution in [0.15, 0.2) is 54.6 Å². The summed E-state index contributed by atoms with van der Waals surface area (Å²) in [6, 6.07) is 17.0. The highest BCUT2D eigenvalue weighted by Gasteiger charge is 2.24. The molecule has 0 spiro atoms. The van der Waals surface area contributed by atoms with Crippen LogP contribution >= 0.6 is 0 Å². The van der Waals surface area contributed by atoms with Gasteiger partial charge in [-0.3, -0.25) is 4.79 Å². The topological polar surface area (TPSA) is 76.0 Å². The molecule has 3 aromatic rings. The number of aldehydes is 1. The molecule has 0 fully saturated rings. The second kappa shape index (κ2) is 8.59. The van der Waals surface area contributed by atoms with Crippen molar-refractivity contribution in [1.29, 1.82) is 0 Å². The predicted octanol–water partition coefficient (Wildman–Crippen LogP) is 4.61.